The molecule has 0 bridgehead atoms. The maximum absolute atomic E-state index is 13.1. The SMILES string of the molecule is Cc1cccc(Cn2cnc3nc(-c4ccc(F)cc4)[nH]c(=O)c32)c1. The number of H-pyrrole nitrogens is 1. The number of halogens is 1. The Bertz CT molecular complexity index is 1110. The van der Waals surface area contributed by atoms with Crippen LogP contribution in [0.25, 0.3) is 22.6 Å². The zero-order valence-corrected chi connectivity index (χ0v) is 13.5. The standard InChI is InChI=1S/C19H15FN4O/c1-12-3-2-4-13(9-12)10-24-11-21-18-16(24)19(25)23-17(22-18)14-5-7-15(20)8-6-14/h2-9,11H,10H2,1H3,(H,22,23,25). The van der Waals surface area contributed by atoms with Crippen LogP contribution in [0.5, 0.6) is 0 Å². The Morgan fingerprint density at radius 3 is 2.72 bits per heavy atom. The molecule has 0 radical (unpaired) electrons. The van der Waals surface area contributed by atoms with Gasteiger partial charge >= 0.3 is 0 Å². The molecule has 2 aromatic carbocycles. The van der Waals surface area contributed by atoms with Crippen molar-refractivity contribution in [3.8, 4) is 11.4 Å². The topological polar surface area (TPSA) is 63.6 Å². The molecule has 1 N–H and O–H groups in total. The van der Waals surface area contributed by atoms with Crippen molar-refractivity contribution in [2.75, 3.05) is 0 Å². The fraction of sp³-hybridized carbons (Fsp3) is 0.105. The monoisotopic (exact) mass is 334 g/mol. The lowest BCUT2D eigenvalue weighted by Crippen LogP contribution is -2.13. The van der Waals surface area contributed by atoms with E-state index in [1.165, 1.54) is 12.1 Å². The summed E-state index contributed by atoms with van der Waals surface area (Å²) in [5.41, 5.74) is 3.40. The summed E-state index contributed by atoms with van der Waals surface area (Å²) in [5, 5.41) is 0. The van der Waals surface area contributed by atoms with Crippen molar-refractivity contribution in [2.24, 2.45) is 0 Å². The quantitative estimate of drug-likeness (QED) is 0.625. The molecule has 4 rings (SSSR count). The molecule has 6 heteroatoms. The number of imidazole rings is 1. The molecule has 0 fully saturated rings. The highest BCUT2D eigenvalue weighted by Crippen LogP contribution is 2.17. The van der Waals surface area contributed by atoms with E-state index in [0.717, 1.165) is 11.1 Å². The number of aromatic amines is 1. The van der Waals surface area contributed by atoms with Gasteiger partial charge in [-0.15, -0.1) is 0 Å². The normalized spacial score (nSPS) is 11.1. The van der Waals surface area contributed by atoms with Gasteiger partial charge in [0.05, 0.1) is 6.33 Å². The van der Waals surface area contributed by atoms with E-state index >= 15 is 0 Å². The third-order valence-electron chi connectivity index (χ3n) is 4.04. The van der Waals surface area contributed by atoms with E-state index in [9.17, 15) is 9.18 Å². The summed E-state index contributed by atoms with van der Waals surface area (Å²) in [6, 6.07) is 13.9. The molecule has 4 aromatic rings. The molecular weight excluding hydrogens is 319 g/mol. The lowest BCUT2D eigenvalue weighted by molar-refractivity contribution is 0.628. The van der Waals surface area contributed by atoms with E-state index in [2.05, 4.69) is 21.0 Å². The van der Waals surface area contributed by atoms with Crippen LogP contribution in [-0.4, -0.2) is 19.5 Å². The summed E-state index contributed by atoms with van der Waals surface area (Å²) in [5.74, 6) is 0.0351. The van der Waals surface area contributed by atoms with Crippen molar-refractivity contribution in [3.63, 3.8) is 0 Å². The molecule has 0 aliphatic carbocycles. The number of hydrogen-bond acceptors (Lipinski definition) is 3. The Hall–Kier alpha value is -3.28. The minimum Gasteiger partial charge on any atom is -0.320 e. The Kier molecular flexibility index (Phi) is 3.65. The fourth-order valence-corrected chi connectivity index (χ4v) is 2.86. The van der Waals surface area contributed by atoms with E-state index in [1.807, 2.05) is 25.1 Å². The number of hydrogen-bond donors (Lipinski definition) is 1. The largest absolute Gasteiger partial charge is 0.320 e. The van der Waals surface area contributed by atoms with E-state index < -0.39 is 0 Å². The van der Waals surface area contributed by atoms with Crippen LogP contribution in [0.1, 0.15) is 11.1 Å². The molecule has 0 spiro atoms. The van der Waals surface area contributed by atoms with Gasteiger partial charge in [-0.3, -0.25) is 4.79 Å². The van der Waals surface area contributed by atoms with Gasteiger partial charge in [0.25, 0.3) is 5.56 Å². The summed E-state index contributed by atoms with van der Waals surface area (Å²) in [6.45, 7) is 2.57. The molecule has 0 amide bonds. The van der Waals surface area contributed by atoms with Crippen molar-refractivity contribution < 1.29 is 4.39 Å². The average molecular weight is 334 g/mol. The molecule has 0 aliphatic heterocycles. The maximum Gasteiger partial charge on any atom is 0.277 e. The van der Waals surface area contributed by atoms with Gasteiger partial charge < -0.3 is 9.55 Å². The van der Waals surface area contributed by atoms with Gasteiger partial charge in [-0.25, -0.2) is 14.4 Å². The first-order chi connectivity index (χ1) is 12.1. The van der Waals surface area contributed by atoms with Crippen LogP contribution >= 0.6 is 0 Å². The van der Waals surface area contributed by atoms with Gasteiger partial charge in [0, 0.05) is 12.1 Å². The Balaban J connectivity index is 1.77. The van der Waals surface area contributed by atoms with Crippen LogP contribution < -0.4 is 5.56 Å². The van der Waals surface area contributed by atoms with Crippen LogP contribution in [0.4, 0.5) is 4.39 Å². The number of nitrogens with zero attached hydrogens (tertiary/aromatic N) is 3. The summed E-state index contributed by atoms with van der Waals surface area (Å²) < 4.78 is 14.8. The molecule has 2 aromatic heterocycles. The molecule has 5 nitrogen and oxygen atoms in total. The zero-order chi connectivity index (χ0) is 17.4. The molecule has 124 valence electrons. The number of nitrogens with one attached hydrogen (secondary N) is 1. The van der Waals surface area contributed by atoms with Crippen LogP contribution in [0.15, 0.2) is 59.7 Å². The highest BCUT2D eigenvalue weighted by molar-refractivity contribution is 5.72. The molecule has 0 saturated carbocycles. The Labute approximate surface area is 142 Å². The maximum atomic E-state index is 13.1. The molecule has 0 unspecified atom stereocenters. The van der Waals surface area contributed by atoms with E-state index in [-0.39, 0.29) is 11.4 Å². The minimum atomic E-state index is -0.338. The van der Waals surface area contributed by atoms with Crippen LogP contribution in [0, 0.1) is 12.7 Å². The van der Waals surface area contributed by atoms with Crippen molar-refractivity contribution in [2.45, 2.75) is 13.5 Å². The smallest absolute Gasteiger partial charge is 0.277 e. The van der Waals surface area contributed by atoms with Gasteiger partial charge in [-0.2, -0.15) is 0 Å². The van der Waals surface area contributed by atoms with Crippen molar-refractivity contribution in [3.05, 3.63) is 82.2 Å². The summed E-state index contributed by atoms with van der Waals surface area (Å²) in [6.07, 6.45) is 1.61. The third-order valence-corrected chi connectivity index (χ3v) is 4.04. The number of aromatic nitrogens is 4. The Morgan fingerprint density at radius 2 is 1.96 bits per heavy atom. The first kappa shape index (κ1) is 15.3. The molecule has 0 saturated heterocycles. The van der Waals surface area contributed by atoms with Gasteiger partial charge in [0.2, 0.25) is 0 Å². The zero-order valence-electron chi connectivity index (χ0n) is 13.5. The van der Waals surface area contributed by atoms with Crippen molar-refractivity contribution in [1.29, 1.82) is 0 Å². The summed E-state index contributed by atoms with van der Waals surface area (Å²) in [4.78, 5) is 24.0. The number of benzene rings is 2. The van der Waals surface area contributed by atoms with Gasteiger partial charge in [-0.1, -0.05) is 29.8 Å². The number of rotatable bonds is 3. The van der Waals surface area contributed by atoms with Crippen LogP contribution in [-0.2, 0) is 6.54 Å². The minimum absolute atomic E-state index is 0.269. The lowest BCUT2D eigenvalue weighted by atomic mass is 10.1. The Morgan fingerprint density at radius 1 is 1.16 bits per heavy atom. The molecule has 0 aliphatic rings. The fourth-order valence-electron chi connectivity index (χ4n) is 2.86. The third kappa shape index (κ3) is 2.94. The van der Waals surface area contributed by atoms with Crippen molar-refractivity contribution in [1.82, 2.24) is 19.5 Å². The predicted molar refractivity (Wildman–Crippen MR) is 93.8 cm³/mol. The summed E-state index contributed by atoms with van der Waals surface area (Å²) in [7, 11) is 0. The van der Waals surface area contributed by atoms with E-state index in [0.29, 0.717) is 29.1 Å². The lowest BCUT2D eigenvalue weighted by Gasteiger charge is -2.06. The second kappa shape index (κ2) is 5.98. The number of fused-ring (bicyclic) bond motifs is 1. The number of aryl methyl sites for hydroxylation is 1. The molecule has 2 heterocycles. The van der Waals surface area contributed by atoms with Gasteiger partial charge in [0.15, 0.2) is 11.2 Å². The first-order valence-corrected chi connectivity index (χ1v) is 7.87. The molecular formula is C19H15FN4O. The molecule has 25 heavy (non-hydrogen) atoms. The highest BCUT2D eigenvalue weighted by Gasteiger charge is 2.12. The molecule has 0 atom stereocenters. The predicted octanol–water partition coefficient (Wildman–Crippen LogP) is 3.28. The second-order valence-corrected chi connectivity index (χ2v) is 5.96. The second-order valence-electron chi connectivity index (χ2n) is 5.96. The highest BCUT2D eigenvalue weighted by atomic mass is 19.1. The first-order valence-electron chi connectivity index (χ1n) is 7.87. The van der Waals surface area contributed by atoms with Gasteiger partial charge in [-0.05, 0) is 36.8 Å². The average Bonchev–Trinajstić information content (AvgIpc) is 2.99. The van der Waals surface area contributed by atoms with Crippen LogP contribution in [0.3, 0.4) is 0 Å². The summed E-state index contributed by atoms with van der Waals surface area (Å²) >= 11 is 0. The van der Waals surface area contributed by atoms with Crippen LogP contribution in [0.2, 0.25) is 0 Å². The van der Waals surface area contributed by atoms with Gasteiger partial charge in [0.1, 0.15) is 11.6 Å². The van der Waals surface area contributed by atoms with Crippen molar-refractivity contribution >= 4 is 11.2 Å². The van der Waals surface area contributed by atoms with E-state index in [4.69, 9.17) is 0 Å². The van der Waals surface area contributed by atoms with E-state index in [1.54, 1.807) is 23.0 Å².